The van der Waals surface area contributed by atoms with Gasteiger partial charge in [-0.1, -0.05) is 12.8 Å². The number of amides is 1. The number of esters is 1. The highest BCUT2D eigenvalue weighted by Gasteiger charge is 2.37. The Morgan fingerprint density at radius 1 is 1.19 bits per heavy atom. The van der Waals surface area contributed by atoms with Gasteiger partial charge in [-0.2, -0.15) is 0 Å². The molecular formula is C12H19NO3. The lowest BCUT2D eigenvalue weighted by molar-refractivity contribution is -0.149. The van der Waals surface area contributed by atoms with E-state index in [-0.39, 0.29) is 30.4 Å². The minimum atomic E-state index is -0.305. The monoisotopic (exact) mass is 225 g/mol. The van der Waals surface area contributed by atoms with Crippen molar-refractivity contribution in [3.05, 3.63) is 0 Å². The predicted octanol–water partition coefficient (Wildman–Crippen LogP) is 1.34. The highest BCUT2D eigenvalue weighted by molar-refractivity contribution is 5.85. The van der Waals surface area contributed by atoms with Gasteiger partial charge in [0.2, 0.25) is 5.91 Å². The summed E-state index contributed by atoms with van der Waals surface area (Å²) in [5, 5.41) is 0. The molecule has 0 radical (unpaired) electrons. The molecule has 0 atom stereocenters. The van der Waals surface area contributed by atoms with Crippen molar-refractivity contribution in [1.82, 2.24) is 4.90 Å². The molecule has 0 saturated heterocycles. The number of carbonyl (C=O) groups is 2. The number of nitrogens with zero attached hydrogens (tertiary/aromatic N) is 1. The first kappa shape index (κ1) is 11.4. The molecule has 2 aliphatic rings. The van der Waals surface area contributed by atoms with E-state index in [2.05, 4.69) is 4.74 Å². The maximum atomic E-state index is 12.1. The molecule has 90 valence electrons. The second-order valence-electron chi connectivity index (χ2n) is 4.75. The van der Waals surface area contributed by atoms with Gasteiger partial charge in [0.1, 0.15) is 6.54 Å². The first-order chi connectivity index (χ1) is 7.72. The number of methoxy groups -OCH3 is 1. The van der Waals surface area contributed by atoms with Gasteiger partial charge in [0.15, 0.2) is 0 Å². The maximum absolute atomic E-state index is 12.1. The molecule has 2 saturated carbocycles. The summed E-state index contributed by atoms with van der Waals surface area (Å²) in [7, 11) is 1.37. The van der Waals surface area contributed by atoms with Crippen LogP contribution in [0, 0.1) is 5.92 Å². The van der Waals surface area contributed by atoms with Crippen LogP contribution in [0.4, 0.5) is 0 Å². The van der Waals surface area contributed by atoms with Crippen molar-refractivity contribution in [2.45, 2.75) is 44.6 Å². The Balaban J connectivity index is 1.98. The number of hydrogen-bond acceptors (Lipinski definition) is 3. The smallest absolute Gasteiger partial charge is 0.325 e. The van der Waals surface area contributed by atoms with Gasteiger partial charge in [0.25, 0.3) is 0 Å². The summed E-state index contributed by atoms with van der Waals surface area (Å²) < 4.78 is 4.66. The normalized spacial score (nSPS) is 20.8. The first-order valence-corrected chi connectivity index (χ1v) is 6.09. The molecule has 2 fully saturated rings. The van der Waals surface area contributed by atoms with E-state index < -0.39 is 0 Å². The fourth-order valence-corrected chi connectivity index (χ4v) is 2.37. The molecule has 0 aromatic heterocycles. The largest absolute Gasteiger partial charge is 0.468 e. The summed E-state index contributed by atoms with van der Waals surface area (Å²) >= 11 is 0. The van der Waals surface area contributed by atoms with Crippen molar-refractivity contribution in [2.75, 3.05) is 13.7 Å². The van der Waals surface area contributed by atoms with Crippen LogP contribution < -0.4 is 0 Å². The van der Waals surface area contributed by atoms with Crippen molar-refractivity contribution in [3.8, 4) is 0 Å². The molecule has 0 heterocycles. The van der Waals surface area contributed by atoms with Crippen LogP contribution >= 0.6 is 0 Å². The molecule has 0 aromatic rings. The Bertz CT molecular complexity index is 280. The Kier molecular flexibility index (Phi) is 3.46. The highest BCUT2D eigenvalue weighted by atomic mass is 16.5. The number of rotatable bonds is 4. The molecule has 0 N–H and O–H groups in total. The standard InChI is InChI=1S/C12H19NO3/c1-16-11(14)8-13(10-4-2-3-5-10)12(15)9-6-7-9/h9-10H,2-8H2,1H3. The third kappa shape index (κ3) is 2.54. The Morgan fingerprint density at radius 2 is 1.81 bits per heavy atom. The van der Waals surface area contributed by atoms with Crippen LogP contribution in [-0.2, 0) is 14.3 Å². The summed E-state index contributed by atoms with van der Waals surface area (Å²) in [6, 6.07) is 0.271. The van der Waals surface area contributed by atoms with Crippen LogP contribution in [0.15, 0.2) is 0 Å². The van der Waals surface area contributed by atoms with Crippen molar-refractivity contribution >= 4 is 11.9 Å². The van der Waals surface area contributed by atoms with Gasteiger partial charge in [-0.05, 0) is 25.7 Å². The van der Waals surface area contributed by atoms with E-state index in [9.17, 15) is 9.59 Å². The van der Waals surface area contributed by atoms with E-state index in [4.69, 9.17) is 0 Å². The van der Waals surface area contributed by atoms with Crippen molar-refractivity contribution in [2.24, 2.45) is 5.92 Å². The second-order valence-corrected chi connectivity index (χ2v) is 4.75. The van der Waals surface area contributed by atoms with Gasteiger partial charge in [0, 0.05) is 12.0 Å². The summed E-state index contributed by atoms with van der Waals surface area (Å²) in [6.45, 7) is 0.135. The Labute approximate surface area is 95.9 Å². The first-order valence-electron chi connectivity index (χ1n) is 6.09. The quantitative estimate of drug-likeness (QED) is 0.678. The van der Waals surface area contributed by atoms with Crippen molar-refractivity contribution < 1.29 is 14.3 Å². The van der Waals surface area contributed by atoms with Crippen LogP contribution in [0.3, 0.4) is 0 Å². The molecule has 0 bridgehead atoms. The van der Waals surface area contributed by atoms with Gasteiger partial charge in [-0.3, -0.25) is 9.59 Å². The van der Waals surface area contributed by atoms with Gasteiger partial charge < -0.3 is 9.64 Å². The van der Waals surface area contributed by atoms with E-state index >= 15 is 0 Å². The fraction of sp³-hybridized carbons (Fsp3) is 0.833. The van der Waals surface area contributed by atoms with Gasteiger partial charge in [-0.25, -0.2) is 0 Å². The molecule has 2 rings (SSSR count). The number of ether oxygens (including phenoxy) is 1. The average molecular weight is 225 g/mol. The van der Waals surface area contributed by atoms with E-state index in [1.165, 1.54) is 20.0 Å². The van der Waals surface area contributed by atoms with Crippen LogP contribution in [-0.4, -0.2) is 36.5 Å². The minimum absolute atomic E-state index is 0.135. The summed E-state index contributed by atoms with van der Waals surface area (Å²) in [6.07, 6.45) is 6.39. The third-order valence-electron chi connectivity index (χ3n) is 3.50. The number of carbonyl (C=O) groups excluding carboxylic acids is 2. The van der Waals surface area contributed by atoms with E-state index in [0.717, 1.165) is 25.7 Å². The molecule has 0 spiro atoms. The molecule has 1 amide bonds. The molecule has 4 nitrogen and oxygen atoms in total. The lowest BCUT2D eigenvalue weighted by Crippen LogP contribution is -2.43. The van der Waals surface area contributed by atoms with Gasteiger partial charge >= 0.3 is 5.97 Å². The zero-order chi connectivity index (χ0) is 11.5. The summed E-state index contributed by atoms with van der Waals surface area (Å²) in [4.78, 5) is 25.1. The Hall–Kier alpha value is -1.06. The molecule has 0 unspecified atom stereocenters. The topological polar surface area (TPSA) is 46.6 Å². The third-order valence-corrected chi connectivity index (χ3v) is 3.50. The highest BCUT2D eigenvalue weighted by Crippen LogP contribution is 2.34. The minimum Gasteiger partial charge on any atom is -0.468 e. The lowest BCUT2D eigenvalue weighted by Gasteiger charge is -2.27. The van der Waals surface area contributed by atoms with Crippen molar-refractivity contribution in [3.63, 3.8) is 0 Å². The lowest BCUT2D eigenvalue weighted by atomic mass is 10.2. The molecule has 4 heteroatoms. The van der Waals surface area contributed by atoms with Gasteiger partial charge in [-0.15, -0.1) is 0 Å². The maximum Gasteiger partial charge on any atom is 0.325 e. The molecular weight excluding hydrogens is 206 g/mol. The van der Waals surface area contributed by atoms with E-state index in [1.807, 2.05) is 0 Å². The molecule has 0 aromatic carbocycles. The van der Waals surface area contributed by atoms with Crippen LogP contribution in [0.5, 0.6) is 0 Å². The second kappa shape index (κ2) is 4.85. The predicted molar refractivity (Wildman–Crippen MR) is 58.7 cm³/mol. The van der Waals surface area contributed by atoms with E-state index in [1.54, 1.807) is 4.90 Å². The van der Waals surface area contributed by atoms with Crippen molar-refractivity contribution in [1.29, 1.82) is 0 Å². The average Bonchev–Trinajstić information content (AvgIpc) is 3.01. The summed E-state index contributed by atoms with van der Waals surface area (Å²) in [5.74, 6) is 0.0449. The zero-order valence-corrected chi connectivity index (χ0v) is 9.78. The molecule has 2 aliphatic carbocycles. The molecule has 0 aliphatic heterocycles. The fourth-order valence-electron chi connectivity index (χ4n) is 2.37. The summed E-state index contributed by atoms with van der Waals surface area (Å²) in [5.41, 5.74) is 0. The van der Waals surface area contributed by atoms with Crippen LogP contribution in [0.25, 0.3) is 0 Å². The van der Waals surface area contributed by atoms with E-state index in [0.29, 0.717) is 0 Å². The molecule has 16 heavy (non-hydrogen) atoms. The van der Waals surface area contributed by atoms with Crippen LogP contribution in [0.2, 0.25) is 0 Å². The number of hydrogen-bond donors (Lipinski definition) is 0. The SMILES string of the molecule is COC(=O)CN(C(=O)C1CC1)C1CCCC1. The Morgan fingerprint density at radius 3 is 2.31 bits per heavy atom. The van der Waals surface area contributed by atoms with Crippen LogP contribution in [0.1, 0.15) is 38.5 Å². The zero-order valence-electron chi connectivity index (χ0n) is 9.78. The van der Waals surface area contributed by atoms with Gasteiger partial charge in [0.05, 0.1) is 7.11 Å².